The van der Waals surface area contributed by atoms with Gasteiger partial charge >= 0.3 is 0 Å². The first-order chi connectivity index (χ1) is 6.95. The maximum Gasteiger partial charge on any atom is 0.220 e. The van der Waals surface area contributed by atoms with Gasteiger partial charge in [-0.2, -0.15) is 0 Å². The molecule has 2 nitrogen and oxygen atoms in total. The lowest BCUT2D eigenvalue weighted by atomic mass is 9.81. The van der Waals surface area contributed by atoms with Gasteiger partial charge < -0.3 is 5.32 Å². The summed E-state index contributed by atoms with van der Waals surface area (Å²) >= 11 is 0. The standard InChI is InChI=1S/C13H19NO/c1-10-5-7-11(8-6-10)13(2,3)9-12(15)14-4/h5-8H,9H2,1-4H3,(H,14,15). The van der Waals surface area contributed by atoms with Crippen LogP contribution in [0.2, 0.25) is 0 Å². The Morgan fingerprint density at radius 3 is 2.27 bits per heavy atom. The van der Waals surface area contributed by atoms with Gasteiger partial charge in [0.2, 0.25) is 5.91 Å². The van der Waals surface area contributed by atoms with Gasteiger partial charge in [0.05, 0.1) is 0 Å². The van der Waals surface area contributed by atoms with E-state index in [4.69, 9.17) is 0 Å². The lowest BCUT2D eigenvalue weighted by Gasteiger charge is -2.24. The second kappa shape index (κ2) is 4.47. The number of benzene rings is 1. The van der Waals surface area contributed by atoms with Crippen LogP contribution in [0.25, 0.3) is 0 Å². The summed E-state index contributed by atoms with van der Waals surface area (Å²) in [5.41, 5.74) is 2.35. The molecule has 15 heavy (non-hydrogen) atoms. The number of rotatable bonds is 3. The zero-order valence-corrected chi connectivity index (χ0v) is 9.92. The fourth-order valence-electron chi connectivity index (χ4n) is 1.60. The van der Waals surface area contributed by atoms with E-state index in [1.165, 1.54) is 11.1 Å². The number of carbonyl (C=O) groups is 1. The van der Waals surface area contributed by atoms with Crippen LogP contribution in [0.4, 0.5) is 0 Å². The van der Waals surface area contributed by atoms with Crippen LogP contribution in [-0.4, -0.2) is 13.0 Å². The molecule has 1 N–H and O–H groups in total. The van der Waals surface area contributed by atoms with Crippen molar-refractivity contribution in [3.05, 3.63) is 35.4 Å². The monoisotopic (exact) mass is 205 g/mol. The average Bonchev–Trinajstić information content (AvgIpc) is 2.17. The molecule has 0 aliphatic rings. The third-order valence-electron chi connectivity index (χ3n) is 2.71. The number of hydrogen-bond acceptors (Lipinski definition) is 1. The maximum absolute atomic E-state index is 11.4. The van der Waals surface area contributed by atoms with Crippen LogP contribution in [0.5, 0.6) is 0 Å². The van der Waals surface area contributed by atoms with E-state index < -0.39 is 0 Å². The molecule has 0 unspecified atom stereocenters. The summed E-state index contributed by atoms with van der Waals surface area (Å²) in [5, 5.41) is 2.66. The van der Waals surface area contributed by atoms with Crippen molar-refractivity contribution >= 4 is 5.91 Å². The van der Waals surface area contributed by atoms with Crippen LogP contribution >= 0.6 is 0 Å². The van der Waals surface area contributed by atoms with Crippen LogP contribution in [0.3, 0.4) is 0 Å². The Kier molecular flexibility index (Phi) is 3.51. The van der Waals surface area contributed by atoms with Crippen LogP contribution in [-0.2, 0) is 10.2 Å². The summed E-state index contributed by atoms with van der Waals surface area (Å²) < 4.78 is 0. The van der Waals surface area contributed by atoms with Crippen LogP contribution < -0.4 is 5.32 Å². The number of hydrogen-bond donors (Lipinski definition) is 1. The molecule has 0 radical (unpaired) electrons. The van der Waals surface area contributed by atoms with E-state index in [-0.39, 0.29) is 11.3 Å². The van der Waals surface area contributed by atoms with E-state index >= 15 is 0 Å². The highest BCUT2D eigenvalue weighted by molar-refractivity contribution is 5.77. The second-order valence-electron chi connectivity index (χ2n) is 4.60. The van der Waals surface area contributed by atoms with Gasteiger partial charge in [0.1, 0.15) is 0 Å². The number of carbonyl (C=O) groups excluding carboxylic acids is 1. The van der Waals surface area contributed by atoms with Crippen molar-refractivity contribution in [3.8, 4) is 0 Å². The summed E-state index contributed by atoms with van der Waals surface area (Å²) in [6, 6.07) is 8.36. The highest BCUT2D eigenvalue weighted by Gasteiger charge is 2.23. The van der Waals surface area contributed by atoms with E-state index in [9.17, 15) is 4.79 Å². The molecule has 0 saturated carbocycles. The Hall–Kier alpha value is -1.31. The summed E-state index contributed by atoms with van der Waals surface area (Å²) in [5.74, 6) is 0.0839. The zero-order valence-electron chi connectivity index (χ0n) is 9.92. The third kappa shape index (κ3) is 3.08. The summed E-state index contributed by atoms with van der Waals surface area (Å²) in [4.78, 5) is 11.4. The molecular weight excluding hydrogens is 186 g/mol. The fraction of sp³-hybridized carbons (Fsp3) is 0.462. The number of amides is 1. The van der Waals surface area contributed by atoms with Gasteiger partial charge in [-0.05, 0) is 17.9 Å². The smallest absolute Gasteiger partial charge is 0.220 e. The van der Waals surface area contributed by atoms with Gasteiger partial charge in [0.25, 0.3) is 0 Å². The molecule has 2 heteroatoms. The molecule has 82 valence electrons. The first-order valence-corrected chi connectivity index (χ1v) is 5.23. The topological polar surface area (TPSA) is 29.1 Å². The van der Waals surface area contributed by atoms with Crippen LogP contribution in [0.1, 0.15) is 31.4 Å². The van der Waals surface area contributed by atoms with E-state index in [1.807, 2.05) is 0 Å². The Labute approximate surface area is 91.7 Å². The molecule has 0 atom stereocenters. The molecule has 1 amide bonds. The molecule has 0 aliphatic heterocycles. The van der Waals surface area contributed by atoms with Gasteiger partial charge in [-0.25, -0.2) is 0 Å². The van der Waals surface area contributed by atoms with E-state index in [1.54, 1.807) is 7.05 Å². The molecule has 0 aliphatic carbocycles. The van der Waals surface area contributed by atoms with Crippen LogP contribution in [0.15, 0.2) is 24.3 Å². The first kappa shape index (κ1) is 11.8. The largest absolute Gasteiger partial charge is 0.359 e. The molecule has 1 rings (SSSR count). The molecular formula is C13H19NO. The van der Waals surface area contributed by atoms with Crippen LogP contribution in [0, 0.1) is 6.92 Å². The predicted molar refractivity (Wildman–Crippen MR) is 62.9 cm³/mol. The van der Waals surface area contributed by atoms with Crippen molar-refractivity contribution in [1.29, 1.82) is 0 Å². The highest BCUT2D eigenvalue weighted by Crippen LogP contribution is 2.26. The van der Waals surface area contributed by atoms with E-state index in [0.29, 0.717) is 6.42 Å². The fourth-order valence-corrected chi connectivity index (χ4v) is 1.60. The summed E-state index contributed by atoms with van der Waals surface area (Å²) in [6.07, 6.45) is 0.520. The van der Waals surface area contributed by atoms with Crippen molar-refractivity contribution in [2.24, 2.45) is 0 Å². The molecule has 0 aromatic heterocycles. The summed E-state index contributed by atoms with van der Waals surface area (Å²) in [7, 11) is 1.67. The minimum Gasteiger partial charge on any atom is -0.359 e. The first-order valence-electron chi connectivity index (χ1n) is 5.23. The normalized spacial score (nSPS) is 11.2. The Morgan fingerprint density at radius 1 is 1.27 bits per heavy atom. The predicted octanol–water partition coefficient (Wildman–Crippen LogP) is 2.41. The van der Waals surface area contributed by atoms with Crippen molar-refractivity contribution < 1.29 is 4.79 Å². The SMILES string of the molecule is CNC(=O)CC(C)(C)c1ccc(C)cc1. The zero-order chi connectivity index (χ0) is 11.5. The Bertz CT molecular complexity index is 338. The number of aryl methyl sites for hydroxylation is 1. The Balaban J connectivity index is 2.85. The average molecular weight is 205 g/mol. The molecule has 0 bridgehead atoms. The van der Waals surface area contributed by atoms with Gasteiger partial charge in [0.15, 0.2) is 0 Å². The lowest BCUT2D eigenvalue weighted by molar-refractivity contribution is -0.121. The van der Waals surface area contributed by atoms with Crippen molar-refractivity contribution in [3.63, 3.8) is 0 Å². The van der Waals surface area contributed by atoms with Crippen molar-refractivity contribution in [2.45, 2.75) is 32.6 Å². The van der Waals surface area contributed by atoms with E-state index in [0.717, 1.165) is 0 Å². The Morgan fingerprint density at radius 2 is 1.80 bits per heavy atom. The van der Waals surface area contributed by atoms with Gasteiger partial charge in [-0.1, -0.05) is 43.7 Å². The molecule has 0 saturated heterocycles. The summed E-state index contributed by atoms with van der Waals surface area (Å²) in [6.45, 7) is 6.25. The molecule has 1 aromatic rings. The molecule has 0 heterocycles. The second-order valence-corrected chi connectivity index (χ2v) is 4.60. The van der Waals surface area contributed by atoms with E-state index in [2.05, 4.69) is 50.4 Å². The molecule has 0 fully saturated rings. The highest BCUT2D eigenvalue weighted by atomic mass is 16.1. The minimum absolute atomic E-state index is 0.0839. The quantitative estimate of drug-likeness (QED) is 0.806. The van der Waals surface area contributed by atoms with Gasteiger partial charge in [0, 0.05) is 13.5 Å². The maximum atomic E-state index is 11.4. The third-order valence-corrected chi connectivity index (χ3v) is 2.71. The van der Waals surface area contributed by atoms with Gasteiger partial charge in [-0.15, -0.1) is 0 Å². The van der Waals surface area contributed by atoms with Crippen molar-refractivity contribution in [1.82, 2.24) is 5.32 Å². The van der Waals surface area contributed by atoms with Gasteiger partial charge in [-0.3, -0.25) is 4.79 Å². The lowest BCUT2D eigenvalue weighted by Crippen LogP contribution is -2.28. The minimum atomic E-state index is -0.103. The molecule has 0 spiro atoms. The van der Waals surface area contributed by atoms with Crippen molar-refractivity contribution in [2.75, 3.05) is 7.05 Å². The molecule has 1 aromatic carbocycles. The number of nitrogens with one attached hydrogen (secondary N) is 1.